The van der Waals surface area contributed by atoms with Crippen LogP contribution in [-0.4, -0.2) is 23.0 Å². The first-order valence-electron chi connectivity index (χ1n) is 6.96. The highest BCUT2D eigenvalue weighted by Gasteiger charge is 2.19. The number of hydrogen-bond donors (Lipinski definition) is 2. The lowest BCUT2D eigenvalue weighted by molar-refractivity contribution is 0.142. The molecule has 112 valence electrons. The van der Waals surface area contributed by atoms with Crippen molar-refractivity contribution in [2.24, 2.45) is 0 Å². The molecule has 1 aromatic carbocycles. The van der Waals surface area contributed by atoms with Gasteiger partial charge in [-0.3, -0.25) is 0 Å². The Hall–Kier alpha value is -1.91. The molecule has 0 unspecified atom stereocenters. The van der Waals surface area contributed by atoms with Crippen molar-refractivity contribution in [2.75, 3.05) is 6.61 Å². The van der Waals surface area contributed by atoms with Gasteiger partial charge in [-0.25, -0.2) is 4.79 Å². The molecule has 1 aromatic rings. The van der Waals surface area contributed by atoms with Crippen LogP contribution in [-0.2, 0) is 12.8 Å². The Morgan fingerprint density at radius 1 is 1.15 bits per heavy atom. The molecule has 0 aliphatic carbocycles. The van der Waals surface area contributed by atoms with Gasteiger partial charge in [0.25, 0.3) is 0 Å². The van der Waals surface area contributed by atoms with Gasteiger partial charge in [-0.15, -0.1) is 0 Å². The van der Waals surface area contributed by atoms with Crippen LogP contribution < -0.4 is 9.47 Å². The third-order valence-corrected chi connectivity index (χ3v) is 3.10. The molecule has 0 saturated carbocycles. The molecule has 0 saturated heterocycles. The molecule has 0 atom stereocenters. The molecule has 2 N–H and O–H groups in total. The van der Waals surface area contributed by atoms with Crippen LogP contribution >= 0.6 is 0 Å². The van der Waals surface area contributed by atoms with E-state index in [9.17, 15) is 9.90 Å². The zero-order chi connectivity index (χ0) is 15.1. The Morgan fingerprint density at radius 3 is 2.30 bits per heavy atom. The summed E-state index contributed by atoms with van der Waals surface area (Å²) < 4.78 is 10.3. The van der Waals surface area contributed by atoms with Gasteiger partial charge >= 0.3 is 6.16 Å². The van der Waals surface area contributed by atoms with Gasteiger partial charge < -0.3 is 19.7 Å². The molecule has 5 nitrogen and oxygen atoms in total. The average Bonchev–Trinajstić information content (AvgIpc) is 2.41. The molecule has 0 amide bonds. The van der Waals surface area contributed by atoms with Crippen molar-refractivity contribution in [2.45, 2.75) is 46.5 Å². The predicted molar refractivity (Wildman–Crippen MR) is 75.9 cm³/mol. The lowest BCUT2D eigenvalue weighted by Gasteiger charge is -2.17. The van der Waals surface area contributed by atoms with Crippen LogP contribution in [0.1, 0.15) is 44.7 Å². The number of phenols is 1. The van der Waals surface area contributed by atoms with Crippen molar-refractivity contribution in [1.82, 2.24) is 0 Å². The Morgan fingerprint density at radius 2 is 1.80 bits per heavy atom. The maximum Gasteiger partial charge on any atom is 0.511 e. The van der Waals surface area contributed by atoms with E-state index in [1.165, 1.54) is 6.07 Å². The molecule has 0 fully saturated rings. The van der Waals surface area contributed by atoms with Gasteiger partial charge in [-0.2, -0.15) is 0 Å². The lowest BCUT2D eigenvalue weighted by Crippen LogP contribution is -2.07. The Bertz CT molecular complexity index is 468. The number of unbranched alkanes of at least 4 members (excludes halogenated alkanes) is 1. The maximum atomic E-state index is 10.7. The minimum atomic E-state index is -1.45. The zero-order valence-electron chi connectivity index (χ0n) is 12.2. The first-order chi connectivity index (χ1) is 9.54. The molecule has 5 heteroatoms. The van der Waals surface area contributed by atoms with E-state index in [1.54, 1.807) is 0 Å². The molecule has 0 radical (unpaired) electrons. The van der Waals surface area contributed by atoms with Crippen LogP contribution in [0.2, 0.25) is 0 Å². The molecule has 0 spiro atoms. The van der Waals surface area contributed by atoms with Crippen molar-refractivity contribution in [3.8, 4) is 17.2 Å². The van der Waals surface area contributed by atoms with Gasteiger partial charge in [0.05, 0.1) is 6.61 Å². The van der Waals surface area contributed by atoms with Gasteiger partial charge in [-0.05, 0) is 19.3 Å². The molecule has 0 bridgehead atoms. The third-order valence-electron chi connectivity index (χ3n) is 3.10. The standard InChI is InChI=1S/C15H22O5/c1-4-7-8-19-12-9-13(20-15(17)18)14(16)11(6-3)10(12)5-2/h9,16H,4-8H2,1-3H3,(H,17,18). The van der Waals surface area contributed by atoms with Crippen molar-refractivity contribution in [3.63, 3.8) is 0 Å². The number of carbonyl (C=O) groups is 1. The van der Waals surface area contributed by atoms with E-state index in [-0.39, 0.29) is 11.5 Å². The Kier molecular flexibility index (Phi) is 6.15. The maximum absolute atomic E-state index is 10.7. The summed E-state index contributed by atoms with van der Waals surface area (Å²) in [5.74, 6) is 0.402. The number of benzene rings is 1. The number of hydrogen-bond acceptors (Lipinski definition) is 4. The monoisotopic (exact) mass is 282 g/mol. The number of carboxylic acid groups (broad SMARTS) is 1. The lowest BCUT2D eigenvalue weighted by atomic mass is 10.00. The molecule has 0 heterocycles. The van der Waals surface area contributed by atoms with Crippen LogP contribution in [0.25, 0.3) is 0 Å². The summed E-state index contributed by atoms with van der Waals surface area (Å²) in [6.45, 7) is 6.49. The second-order valence-corrected chi connectivity index (χ2v) is 4.46. The van der Waals surface area contributed by atoms with Crippen LogP contribution in [0.15, 0.2) is 6.07 Å². The highest BCUT2D eigenvalue weighted by Crippen LogP contribution is 2.39. The van der Waals surface area contributed by atoms with Crippen molar-refractivity contribution in [3.05, 3.63) is 17.2 Å². The quantitative estimate of drug-likeness (QED) is 0.452. The normalized spacial score (nSPS) is 10.3. The van der Waals surface area contributed by atoms with Crippen molar-refractivity contribution in [1.29, 1.82) is 0 Å². The molecule has 0 aliphatic heterocycles. The fourth-order valence-corrected chi connectivity index (χ4v) is 2.11. The Labute approximate surface area is 119 Å². The number of rotatable bonds is 7. The van der Waals surface area contributed by atoms with Gasteiger partial charge in [-0.1, -0.05) is 27.2 Å². The summed E-state index contributed by atoms with van der Waals surface area (Å²) in [5, 5.41) is 18.8. The van der Waals surface area contributed by atoms with Crippen LogP contribution in [0, 0.1) is 0 Å². The summed E-state index contributed by atoms with van der Waals surface area (Å²) in [6, 6.07) is 1.46. The summed E-state index contributed by atoms with van der Waals surface area (Å²) >= 11 is 0. The van der Waals surface area contributed by atoms with Crippen LogP contribution in [0.5, 0.6) is 17.2 Å². The molecular weight excluding hydrogens is 260 g/mol. The Balaban J connectivity index is 3.21. The summed E-state index contributed by atoms with van der Waals surface area (Å²) in [6.07, 6.45) is 1.76. The van der Waals surface area contributed by atoms with E-state index < -0.39 is 6.16 Å². The van der Waals surface area contributed by atoms with Crippen LogP contribution in [0.4, 0.5) is 4.79 Å². The van der Waals surface area contributed by atoms with E-state index in [1.807, 2.05) is 13.8 Å². The second kappa shape index (κ2) is 7.62. The summed E-state index contributed by atoms with van der Waals surface area (Å²) in [7, 11) is 0. The topological polar surface area (TPSA) is 76.0 Å². The minimum Gasteiger partial charge on any atom is -0.504 e. The molecule has 0 aliphatic rings. The van der Waals surface area contributed by atoms with Gasteiger partial charge in [0.2, 0.25) is 0 Å². The minimum absolute atomic E-state index is 0.0713. The average molecular weight is 282 g/mol. The van der Waals surface area contributed by atoms with Gasteiger partial charge in [0, 0.05) is 17.2 Å². The fourth-order valence-electron chi connectivity index (χ4n) is 2.11. The number of phenolic OH excluding ortho intramolecular Hbond substituents is 1. The number of ether oxygens (including phenoxy) is 2. The summed E-state index contributed by atoms with van der Waals surface area (Å²) in [5.41, 5.74) is 1.58. The number of aromatic hydroxyl groups is 1. The first-order valence-corrected chi connectivity index (χ1v) is 6.96. The highest BCUT2D eigenvalue weighted by atomic mass is 16.7. The largest absolute Gasteiger partial charge is 0.511 e. The molecule has 1 rings (SSSR count). The predicted octanol–water partition coefficient (Wildman–Crippen LogP) is 3.75. The summed E-state index contributed by atoms with van der Waals surface area (Å²) in [4.78, 5) is 10.7. The first kappa shape index (κ1) is 16.1. The molecule has 0 aromatic heterocycles. The van der Waals surface area contributed by atoms with E-state index in [0.29, 0.717) is 30.8 Å². The third kappa shape index (κ3) is 3.79. The van der Waals surface area contributed by atoms with Crippen LogP contribution in [0.3, 0.4) is 0 Å². The van der Waals surface area contributed by atoms with Crippen molar-refractivity contribution < 1.29 is 24.5 Å². The fraction of sp³-hybridized carbons (Fsp3) is 0.533. The van der Waals surface area contributed by atoms with Gasteiger partial charge in [0.1, 0.15) is 5.75 Å². The van der Waals surface area contributed by atoms with E-state index in [2.05, 4.69) is 11.7 Å². The SMILES string of the molecule is CCCCOc1cc(OC(=O)O)c(O)c(CC)c1CC. The second-order valence-electron chi connectivity index (χ2n) is 4.46. The van der Waals surface area contributed by atoms with Gasteiger partial charge in [0.15, 0.2) is 11.5 Å². The molecular formula is C15H22O5. The van der Waals surface area contributed by atoms with E-state index in [4.69, 9.17) is 9.84 Å². The highest BCUT2D eigenvalue weighted by molar-refractivity contribution is 5.66. The molecule has 20 heavy (non-hydrogen) atoms. The van der Waals surface area contributed by atoms with E-state index >= 15 is 0 Å². The van der Waals surface area contributed by atoms with Crippen molar-refractivity contribution >= 4 is 6.16 Å². The zero-order valence-corrected chi connectivity index (χ0v) is 12.2. The van der Waals surface area contributed by atoms with E-state index in [0.717, 1.165) is 18.4 Å². The smallest absolute Gasteiger partial charge is 0.504 e.